The molecule has 3 atom stereocenters. The van der Waals surface area contributed by atoms with E-state index in [0.29, 0.717) is 11.4 Å². The van der Waals surface area contributed by atoms with Gasteiger partial charge in [-0.3, -0.25) is 24.5 Å². The van der Waals surface area contributed by atoms with Crippen molar-refractivity contribution in [1.29, 1.82) is 0 Å². The van der Waals surface area contributed by atoms with Gasteiger partial charge in [0, 0.05) is 16.6 Å². The normalized spacial score (nSPS) is 21.8. The molecule has 3 aromatic carbocycles. The summed E-state index contributed by atoms with van der Waals surface area (Å²) < 4.78 is 0.838. The molecule has 0 spiro atoms. The predicted octanol–water partition coefficient (Wildman–Crippen LogP) is 4.97. The molecule has 9 heteroatoms. The molecule has 2 aliphatic heterocycles. The molecule has 2 aliphatic rings. The van der Waals surface area contributed by atoms with Gasteiger partial charge in [0.2, 0.25) is 5.91 Å². The minimum absolute atomic E-state index is 0.0550. The zero-order chi connectivity index (χ0) is 24.0. The summed E-state index contributed by atoms with van der Waals surface area (Å²) in [5.74, 6) is -1.54. The van der Waals surface area contributed by atoms with Crippen molar-refractivity contribution in [3.8, 4) is 0 Å². The second kappa shape index (κ2) is 8.66. The van der Waals surface area contributed by atoms with Gasteiger partial charge in [0.25, 0.3) is 11.6 Å². The van der Waals surface area contributed by atoms with Crippen LogP contribution in [-0.2, 0) is 20.8 Å². The van der Waals surface area contributed by atoms with Crippen molar-refractivity contribution in [2.24, 2.45) is 5.92 Å². The van der Waals surface area contributed by atoms with Crippen LogP contribution >= 0.6 is 15.9 Å². The standard InChI is InChI=1S/C25H20BrN3O5/c1-2-15-3-5-16(6-4-15)22-21-23(34-28(22)19-11-13-20(14-12-19)29(32)33)25(31)27(24(21)30)18-9-7-17(26)8-10-18/h3-14,21-23H,2H2,1H3/t21-,22-,23-/m1/s1. The average Bonchev–Trinajstić information content (AvgIpc) is 3.36. The van der Waals surface area contributed by atoms with E-state index in [9.17, 15) is 19.7 Å². The minimum atomic E-state index is -0.998. The first-order chi connectivity index (χ1) is 16.4. The van der Waals surface area contributed by atoms with Crippen molar-refractivity contribution in [3.63, 3.8) is 0 Å². The number of carbonyl (C=O) groups is 2. The molecule has 5 rings (SSSR count). The number of hydrogen-bond donors (Lipinski definition) is 0. The third-order valence-corrected chi connectivity index (χ3v) is 6.77. The van der Waals surface area contributed by atoms with Gasteiger partial charge >= 0.3 is 0 Å². The summed E-state index contributed by atoms with van der Waals surface area (Å²) in [6, 6.07) is 20.1. The highest BCUT2D eigenvalue weighted by atomic mass is 79.9. The van der Waals surface area contributed by atoms with Gasteiger partial charge in [0.1, 0.15) is 5.92 Å². The lowest BCUT2D eigenvalue weighted by Gasteiger charge is -2.28. The van der Waals surface area contributed by atoms with Crippen LogP contribution in [0, 0.1) is 16.0 Å². The lowest BCUT2D eigenvalue weighted by Crippen LogP contribution is -2.37. The Balaban J connectivity index is 1.56. The molecule has 0 aliphatic carbocycles. The maximum atomic E-state index is 13.6. The van der Waals surface area contributed by atoms with E-state index in [1.54, 1.807) is 36.4 Å². The predicted molar refractivity (Wildman–Crippen MR) is 129 cm³/mol. The number of hydroxylamine groups is 1. The fourth-order valence-electron chi connectivity index (χ4n) is 4.49. The zero-order valence-corrected chi connectivity index (χ0v) is 19.7. The number of nitro groups is 1. The van der Waals surface area contributed by atoms with Crippen molar-refractivity contribution < 1.29 is 19.3 Å². The topological polar surface area (TPSA) is 93.0 Å². The lowest BCUT2D eigenvalue weighted by molar-refractivity contribution is -0.384. The van der Waals surface area contributed by atoms with Crippen molar-refractivity contribution >= 4 is 44.8 Å². The first kappa shape index (κ1) is 22.2. The Kier molecular flexibility index (Phi) is 5.66. The first-order valence-electron chi connectivity index (χ1n) is 10.8. The number of imide groups is 1. The van der Waals surface area contributed by atoms with Gasteiger partial charge in [-0.05, 0) is 53.9 Å². The Hall–Kier alpha value is -3.56. The highest BCUT2D eigenvalue weighted by Gasteiger charge is 2.60. The van der Waals surface area contributed by atoms with E-state index in [1.807, 2.05) is 24.3 Å². The van der Waals surface area contributed by atoms with E-state index in [2.05, 4.69) is 22.9 Å². The molecular weight excluding hydrogens is 502 g/mol. The van der Waals surface area contributed by atoms with E-state index in [0.717, 1.165) is 22.0 Å². The number of carbonyl (C=O) groups excluding carboxylic acids is 2. The van der Waals surface area contributed by atoms with E-state index in [1.165, 1.54) is 22.1 Å². The monoisotopic (exact) mass is 521 g/mol. The quantitative estimate of drug-likeness (QED) is 0.267. The van der Waals surface area contributed by atoms with Gasteiger partial charge in [0.15, 0.2) is 6.10 Å². The Morgan fingerprint density at radius 1 is 0.912 bits per heavy atom. The second-order valence-electron chi connectivity index (χ2n) is 8.18. The third kappa shape index (κ3) is 3.66. The van der Waals surface area contributed by atoms with E-state index in [4.69, 9.17) is 4.84 Å². The molecule has 0 bridgehead atoms. The summed E-state index contributed by atoms with van der Waals surface area (Å²) in [5, 5.41) is 12.6. The van der Waals surface area contributed by atoms with E-state index >= 15 is 0 Å². The number of non-ortho nitro benzene ring substituents is 1. The van der Waals surface area contributed by atoms with Crippen molar-refractivity contribution in [3.05, 3.63) is 98.5 Å². The number of nitrogens with zero attached hydrogens (tertiary/aromatic N) is 3. The number of nitro benzene ring substituents is 1. The number of amides is 2. The minimum Gasteiger partial charge on any atom is -0.273 e. The van der Waals surface area contributed by atoms with Crippen LogP contribution in [0.4, 0.5) is 17.1 Å². The summed E-state index contributed by atoms with van der Waals surface area (Å²) >= 11 is 3.37. The molecule has 2 amide bonds. The fourth-order valence-corrected chi connectivity index (χ4v) is 4.76. The van der Waals surface area contributed by atoms with Crippen LogP contribution in [0.2, 0.25) is 0 Å². The number of aryl methyl sites for hydroxylation is 1. The summed E-state index contributed by atoms with van der Waals surface area (Å²) in [7, 11) is 0. The molecule has 2 saturated heterocycles. The Morgan fingerprint density at radius 3 is 2.12 bits per heavy atom. The third-order valence-electron chi connectivity index (χ3n) is 6.24. The Bertz CT molecular complexity index is 1260. The highest BCUT2D eigenvalue weighted by Crippen LogP contribution is 2.47. The molecule has 8 nitrogen and oxygen atoms in total. The number of rotatable bonds is 5. The van der Waals surface area contributed by atoms with Crippen molar-refractivity contribution in [2.75, 3.05) is 9.96 Å². The zero-order valence-electron chi connectivity index (χ0n) is 18.1. The summed E-state index contributed by atoms with van der Waals surface area (Å²) in [6.07, 6.45) is -0.129. The molecule has 0 aromatic heterocycles. The van der Waals surface area contributed by atoms with Gasteiger partial charge < -0.3 is 0 Å². The summed E-state index contributed by atoms with van der Waals surface area (Å²) in [5.41, 5.74) is 2.92. The maximum absolute atomic E-state index is 13.6. The molecule has 172 valence electrons. The van der Waals surface area contributed by atoms with Crippen LogP contribution < -0.4 is 9.96 Å². The molecular formula is C25H20BrN3O5. The number of halogens is 1. The van der Waals surface area contributed by atoms with Crippen LogP contribution in [0.15, 0.2) is 77.3 Å². The SMILES string of the molecule is CCc1ccc([C@@H]2[C@H]3C(=O)N(c4ccc(Br)cc4)C(=O)[C@@H]3ON2c2ccc([N+](=O)[O-])cc2)cc1. The average molecular weight is 522 g/mol. The van der Waals surface area contributed by atoms with Crippen LogP contribution in [0.1, 0.15) is 24.1 Å². The van der Waals surface area contributed by atoms with Crippen LogP contribution in [0.25, 0.3) is 0 Å². The van der Waals surface area contributed by atoms with Crippen LogP contribution in [0.3, 0.4) is 0 Å². The molecule has 2 heterocycles. The summed E-state index contributed by atoms with van der Waals surface area (Å²) in [4.78, 5) is 44.8. The van der Waals surface area contributed by atoms with Gasteiger partial charge in [-0.1, -0.05) is 47.1 Å². The Labute approximate surface area is 204 Å². The lowest BCUT2D eigenvalue weighted by atomic mass is 9.90. The molecule has 0 saturated carbocycles. The number of fused-ring (bicyclic) bond motifs is 1. The van der Waals surface area contributed by atoms with Gasteiger partial charge in [-0.15, -0.1) is 0 Å². The highest BCUT2D eigenvalue weighted by molar-refractivity contribution is 9.10. The van der Waals surface area contributed by atoms with Gasteiger partial charge in [-0.2, -0.15) is 0 Å². The van der Waals surface area contributed by atoms with Gasteiger partial charge in [0.05, 0.1) is 22.3 Å². The van der Waals surface area contributed by atoms with Crippen molar-refractivity contribution in [2.45, 2.75) is 25.5 Å². The number of hydrogen-bond acceptors (Lipinski definition) is 6. The first-order valence-corrected chi connectivity index (χ1v) is 11.6. The molecule has 2 fully saturated rings. The van der Waals surface area contributed by atoms with Crippen molar-refractivity contribution in [1.82, 2.24) is 0 Å². The molecule has 0 radical (unpaired) electrons. The van der Waals surface area contributed by atoms with Crippen LogP contribution in [-0.4, -0.2) is 22.8 Å². The largest absolute Gasteiger partial charge is 0.273 e. The van der Waals surface area contributed by atoms with E-state index in [-0.39, 0.29) is 11.6 Å². The second-order valence-corrected chi connectivity index (χ2v) is 9.10. The van der Waals surface area contributed by atoms with Gasteiger partial charge in [-0.25, -0.2) is 9.96 Å². The number of benzene rings is 3. The molecule has 0 N–H and O–H groups in total. The number of anilines is 2. The Morgan fingerprint density at radius 2 is 1.53 bits per heavy atom. The molecule has 3 aromatic rings. The maximum Gasteiger partial charge on any atom is 0.269 e. The van der Waals surface area contributed by atoms with Crippen LogP contribution in [0.5, 0.6) is 0 Å². The fraction of sp³-hybridized carbons (Fsp3) is 0.200. The van der Waals surface area contributed by atoms with E-state index < -0.39 is 28.9 Å². The molecule has 0 unspecified atom stereocenters. The summed E-state index contributed by atoms with van der Waals surface area (Å²) in [6.45, 7) is 2.06. The smallest absolute Gasteiger partial charge is 0.269 e. The molecule has 34 heavy (non-hydrogen) atoms.